The summed E-state index contributed by atoms with van der Waals surface area (Å²) in [6, 6.07) is 2.33. The van der Waals surface area contributed by atoms with Gasteiger partial charge in [-0.1, -0.05) is 0 Å². The highest BCUT2D eigenvalue weighted by Crippen LogP contribution is 2.35. The van der Waals surface area contributed by atoms with Crippen molar-refractivity contribution in [2.75, 3.05) is 6.54 Å². The molecule has 110 valence electrons. The number of alkyl halides is 3. The molecule has 0 aliphatic carbocycles. The summed E-state index contributed by atoms with van der Waals surface area (Å²) < 4.78 is 36.2. The van der Waals surface area contributed by atoms with E-state index in [0.717, 1.165) is 12.3 Å². The van der Waals surface area contributed by atoms with Crippen molar-refractivity contribution in [1.29, 1.82) is 0 Å². The fraction of sp³-hybridized carbons (Fsp3) is 0.364. The molecule has 0 fully saturated rings. The molecule has 1 aromatic heterocycles. The number of nitrogens with one attached hydrogen (secondary N) is 1. The van der Waals surface area contributed by atoms with Gasteiger partial charge in [0.2, 0.25) is 0 Å². The van der Waals surface area contributed by atoms with Crippen LogP contribution in [0.5, 0.6) is 0 Å². The van der Waals surface area contributed by atoms with E-state index in [2.05, 4.69) is 10.3 Å². The number of pyridine rings is 1. The first kappa shape index (κ1) is 16.3. The highest BCUT2D eigenvalue weighted by Gasteiger charge is 2.29. The van der Waals surface area contributed by atoms with Gasteiger partial charge in [0.25, 0.3) is 5.91 Å². The van der Waals surface area contributed by atoms with Crippen LogP contribution >= 0.6 is 11.8 Å². The normalized spacial score (nSPS) is 11.2. The minimum atomic E-state index is -4.42. The van der Waals surface area contributed by atoms with Crippen LogP contribution in [0.3, 0.4) is 0 Å². The van der Waals surface area contributed by atoms with Crippen molar-refractivity contribution >= 4 is 23.6 Å². The second-order valence-corrected chi connectivity index (χ2v) is 4.77. The minimum Gasteiger partial charge on any atom is -0.481 e. The highest BCUT2D eigenvalue weighted by atomic mass is 32.2. The maximum atomic E-state index is 12.1. The van der Waals surface area contributed by atoms with Crippen molar-refractivity contribution in [3.63, 3.8) is 0 Å². The SMILES string of the molecule is O=C(O)CCCNC(=O)c1ccc(SC(F)(F)F)nc1. The molecule has 0 atom stereocenters. The third-order valence-electron chi connectivity index (χ3n) is 2.07. The lowest BCUT2D eigenvalue weighted by atomic mass is 10.2. The molecule has 1 aromatic rings. The van der Waals surface area contributed by atoms with Gasteiger partial charge in [0.05, 0.1) is 5.56 Å². The first-order valence-electron chi connectivity index (χ1n) is 5.50. The second-order valence-electron chi connectivity index (χ2n) is 3.69. The Balaban J connectivity index is 2.47. The Morgan fingerprint density at radius 2 is 2.05 bits per heavy atom. The van der Waals surface area contributed by atoms with E-state index < -0.39 is 17.4 Å². The third kappa shape index (κ3) is 6.41. The van der Waals surface area contributed by atoms with Gasteiger partial charge in [0, 0.05) is 30.9 Å². The quantitative estimate of drug-likeness (QED) is 0.622. The number of rotatable bonds is 6. The van der Waals surface area contributed by atoms with Crippen LogP contribution in [0.4, 0.5) is 13.2 Å². The van der Waals surface area contributed by atoms with Crippen LogP contribution in [0.1, 0.15) is 23.2 Å². The molecule has 2 N–H and O–H groups in total. The van der Waals surface area contributed by atoms with Gasteiger partial charge in [-0.05, 0) is 18.6 Å². The molecule has 0 spiro atoms. The topological polar surface area (TPSA) is 79.3 Å². The maximum absolute atomic E-state index is 12.1. The van der Waals surface area contributed by atoms with Gasteiger partial charge in [0.1, 0.15) is 5.03 Å². The number of hydrogen-bond acceptors (Lipinski definition) is 4. The Morgan fingerprint density at radius 1 is 1.35 bits per heavy atom. The average Bonchev–Trinajstić information content (AvgIpc) is 2.33. The number of carboxylic acid groups (broad SMARTS) is 1. The lowest BCUT2D eigenvalue weighted by molar-refractivity contribution is -0.137. The van der Waals surface area contributed by atoms with Crippen LogP contribution in [0.25, 0.3) is 0 Å². The number of thioether (sulfide) groups is 1. The smallest absolute Gasteiger partial charge is 0.447 e. The van der Waals surface area contributed by atoms with Crippen LogP contribution in [-0.2, 0) is 4.79 Å². The van der Waals surface area contributed by atoms with E-state index in [1.54, 1.807) is 0 Å². The fourth-order valence-electron chi connectivity index (χ4n) is 1.24. The van der Waals surface area contributed by atoms with Gasteiger partial charge in [-0.15, -0.1) is 0 Å². The lowest BCUT2D eigenvalue weighted by Crippen LogP contribution is -2.25. The van der Waals surface area contributed by atoms with E-state index in [4.69, 9.17) is 5.11 Å². The molecule has 1 heterocycles. The summed E-state index contributed by atoms with van der Waals surface area (Å²) in [6.07, 6.45) is 1.25. The lowest BCUT2D eigenvalue weighted by Gasteiger charge is -2.06. The van der Waals surface area contributed by atoms with Crippen LogP contribution < -0.4 is 5.32 Å². The summed E-state index contributed by atoms with van der Waals surface area (Å²) >= 11 is -0.362. The average molecular weight is 308 g/mol. The first-order chi connectivity index (χ1) is 9.28. The number of aromatic nitrogens is 1. The Kier molecular flexibility index (Phi) is 5.81. The van der Waals surface area contributed by atoms with Crippen molar-refractivity contribution in [2.45, 2.75) is 23.4 Å². The molecule has 0 saturated heterocycles. The molecular formula is C11H11F3N2O3S. The van der Waals surface area contributed by atoms with Crippen LogP contribution in [0.15, 0.2) is 23.4 Å². The number of amides is 1. The fourth-order valence-corrected chi connectivity index (χ4v) is 1.72. The number of carbonyl (C=O) groups excluding carboxylic acids is 1. The van der Waals surface area contributed by atoms with Crippen LogP contribution in [0, 0.1) is 0 Å². The van der Waals surface area contributed by atoms with Gasteiger partial charge in [-0.2, -0.15) is 13.2 Å². The van der Waals surface area contributed by atoms with E-state index in [0.29, 0.717) is 0 Å². The van der Waals surface area contributed by atoms with E-state index in [1.807, 2.05) is 0 Å². The van der Waals surface area contributed by atoms with E-state index in [-0.39, 0.29) is 41.7 Å². The minimum absolute atomic E-state index is 0.0698. The molecular weight excluding hydrogens is 297 g/mol. The second kappa shape index (κ2) is 7.13. The Labute approximate surface area is 116 Å². The number of carboxylic acids is 1. The summed E-state index contributed by atoms with van der Waals surface area (Å²) in [7, 11) is 0. The number of hydrogen-bond donors (Lipinski definition) is 2. The molecule has 1 amide bonds. The molecule has 0 aliphatic rings. The first-order valence-corrected chi connectivity index (χ1v) is 6.31. The molecule has 20 heavy (non-hydrogen) atoms. The summed E-state index contributed by atoms with van der Waals surface area (Å²) in [5.41, 5.74) is -4.31. The maximum Gasteiger partial charge on any atom is 0.447 e. The Bertz CT molecular complexity index is 477. The van der Waals surface area contributed by atoms with Gasteiger partial charge < -0.3 is 10.4 Å². The molecule has 0 aromatic carbocycles. The predicted molar refractivity (Wildman–Crippen MR) is 65.4 cm³/mol. The number of halogens is 3. The van der Waals surface area contributed by atoms with E-state index >= 15 is 0 Å². The summed E-state index contributed by atoms with van der Waals surface area (Å²) in [4.78, 5) is 25.3. The van der Waals surface area contributed by atoms with Crippen molar-refractivity contribution in [2.24, 2.45) is 0 Å². The van der Waals surface area contributed by atoms with E-state index in [1.165, 1.54) is 6.07 Å². The molecule has 0 saturated carbocycles. The zero-order chi connectivity index (χ0) is 15.2. The highest BCUT2D eigenvalue weighted by molar-refractivity contribution is 8.00. The number of aliphatic carboxylic acids is 1. The van der Waals surface area contributed by atoms with Gasteiger partial charge >= 0.3 is 11.5 Å². The molecule has 9 heteroatoms. The molecule has 0 unspecified atom stereocenters. The summed E-state index contributed by atoms with van der Waals surface area (Å²) in [5.74, 6) is -1.47. The molecule has 0 radical (unpaired) electrons. The van der Waals surface area contributed by atoms with Crippen molar-refractivity contribution in [3.8, 4) is 0 Å². The molecule has 1 rings (SSSR count). The van der Waals surface area contributed by atoms with Crippen molar-refractivity contribution in [1.82, 2.24) is 10.3 Å². The summed E-state index contributed by atoms with van der Waals surface area (Å²) in [6.45, 7) is 0.171. The van der Waals surface area contributed by atoms with Gasteiger partial charge in [-0.3, -0.25) is 9.59 Å². The Hall–Kier alpha value is -1.77. The van der Waals surface area contributed by atoms with Crippen LogP contribution in [-0.4, -0.2) is 34.0 Å². The number of nitrogens with zero attached hydrogens (tertiary/aromatic N) is 1. The van der Waals surface area contributed by atoms with Gasteiger partial charge in [-0.25, -0.2) is 4.98 Å². The standard InChI is InChI=1S/C11H11F3N2O3S/c12-11(13,14)20-8-4-3-7(6-16-8)10(19)15-5-1-2-9(17)18/h3-4,6H,1-2,5H2,(H,15,19)(H,17,18). The van der Waals surface area contributed by atoms with Crippen LogP contribution in [0.2, 0.25) is 0 Å². The third-order valence-corrected chi connectivity index (χ3v) is 2.75. The number of carbonyl (C=O) groups is 2. The molecule has 0 bridgehead atoms. The largest absolute Gasteiger partial charge is 0.481 e. The van der Waals surface area contributed by atoms with Gasteiger partial charge in [0.15, 0.2) is 0 Å². The van der Waals surface area contributed by atoms with E-state index in [9.17, 15) is 22.8 Å². The van der Waals surface area contributed by atoms with Crippen molar-refractivity contribution < 1.29 is 27.9 Å². The Morgan fingerprint density at radius 3 is 2.55 bits per heavy atom. The monoisotopic (exact) mass is 308 g/mol. The molecule has 0 aliphatic heterocycles. The molecule has 5 nitrogen and oxygen atoms in total. The zero-order valence-corrected chi connectivity index (χ0v) is 10.9. The predicted octanol–water partition coefficient (Wildman–Crippen LogP) is 2.29. The van der Waals surface area contributed by atoms with Crippen molar-refractivity contribution in [3.05, 3.63) is 23.9 Å². The summed E-state index contributed by atoms with van der Waals surface area (Å²) in [5, 5.41) is 10.6. The zero-order valence-electron chi connectivity index (χ0n) is 10.1.